The average Bonchev–Trinajstić information content (AvgIpc) is 2.46. The van der Waals surface area contributed by atoms with E-state index in [1.165, 1.54) is 0 Å². The number of hydrogen-bond acceptors (Lipinski definition) is 3. The number of aliphatic hydroxyl groups is 1. The van der Waals surface area contributed by atoms with Crippen LogP contribution >= 0.6 is 0 Å². The molecule has 0 fully saturated rings. The van der Waals surface area contributed by atoms with Gasteiger partial charge in [-0.15, -0.1) is 0 Å². The largest absolute Gasteiger partial charge is 0.497 e. The van der Waals surface area contributed by atoms with Gasteiger partial charge in [0.2, 0.25) is 0 Å². The molecule has 2 rings (SSSR count). The second-order valence-electron chi connectivity index (χ2n) is 3.69. The van der Waals surface area contributed by atoms with Gasteiger partial charge >= 0.3 is 0 Å². The summed E-state index contributed by atoms with van der Waals surface area (Å²) in [6.07, 6.45) is 2.54. The minimum absolute atomic E-state index is 0.743. The topological polar surface area (TPSA) is 42.4 Å². The molecule has 0 saturated carbocycles. The Morgan fingerprint density at radius 1 is 1.22 bits per heavy atom. The highest BCUT2D eigenvalue weighted by Gasteiger charge is 2.03. The zero-order chi connectivity index (χ0) is 12.8. The van der Waals surface area contributed by atoms with E-state index < -0.39 is 6.10 Å². The van der Waals surface area contributed by atoms with Gasteiger partial charge in [0, 0.05) is 18.0 Å². The van der Waals surface area contributed by atoms with Gasteiger partial charge in [0.1, 0.15) is 11.9 Å². The normalized spacial score (nSPS) is 11.2. The molecule has 0 saturated heterocycles. The number of nitrogens with zero attached hydrogens (tertiary/aromatic N) is 1. The van der Waals surface area contributed by atoms with E-state index in [0.29, 0.717) is 0 Å². The molecule has 0 bridgehead atoms. The van der Waals surface area contributed by atoms with Crippen LogP contribution in [0.15, 0.2) is 48.8 Å². The van der Waals surface area contributed by atoms with E-state index in [1.807, 2.05) is 12.1 Å². The Labute approximate surface area is 106 Å². The molecule has 0 aliphatic rings. The Morgan fingerprint density at radius 3 is 2.61 bits per heavy atom. The zero-order valence-corrected chi connectivity index (χ0v) is 10.00. The maximum atomic E-state index is 9.91. The smallest absolute Gasteiger partial charge is 0.140 e. The first kappa shape index (κ1) is 12.2. The summed E-state index contributed by atoms with van der Waals surface area (Å²) in [5, 5.41) is 9.91. The van der Waals surface area contributed by atoms with Crippen LogP contribution in [0.2, 0.25) is 0 Å². The lowest BCUT2D eigenvalue weighted by atomic mass is 10.1. The number of aromatic nitrogens is 1. The predicted octanol–water partition coefficient (Wildman–Crippen LogP) is 2.18. The van der Waals surface area contributed by atoms with Crippen molar-refractivity contribution in [2.75, 3.05) is 7.11 Å². The predicted molar refractivity (Wildman–Crippen MR) is 69.1 cm³/mol. The Morgan fingerprint density at radius 2 is 2.00 bits per heavy atom. The standard InChI is InChI=1S/C15H13NO2/c1-18-14-7-5-13(6-8-14)15(17)9-4-12-3-2-10-16-11-12/h2-3,5-8,10-11,15,17H,1H3/t15-/m0/s1. The minimum Gasteiger partial charge on any atom is -0.497 e. The molecule has 18 heavy (non-hydrogen) atoms. The lowest BCUT2D eigenvalue weighted by Gasteiger charge is -2.04. The molecule has 0 aliphatic heterocycles. The Bertz CT molecular complexity index is 553. The number of ether oxygens (including phenoxy) is 1. The molecular formula is C15H13NO2. The molecule has 0 unspecified atom stereocenters. The zero-order valence-electron chi connectivity index (χ0n) is 10.00. The molecular weight excluding hydrogens is 226 g/mol. The van der Waals surface area contributed by atoms with Crippen LogP contribution in [0.1, 0.15) is 17.2 Å². The fourth-order valence-electron chi connectivity index (χ4n) is 1.46. The van der Waals surface area contributed by atoms with Gasteiger partial charge in [-0.05, 0) is 29.8 Å². The van der Waals surface area contributed by atoms with Gasteiger partial charge in [0.05, 0.1) is 7.11 Å². The first-order valence-electron chi connectivity index (χ1n) is 5.53. The van der Waals surface area contributed by atoms with Crippen LogP contribution in [0.5, 0.6) is 5.75 Å². The number of hydrogen-bond donors (Lipinski definition) is 1. The monoisotopic (exact) mass is 239 g/mol. The molecule has 3 nitrogen and oxygen atoms in total. The highest BCUT2D eigenvalue weighted by atomic mass is 16.5. The summed E-state index contributed by atoms with van der Waals surface area (Å²) in [6, 6.07) is 10.8. The number of pyridine rings is 1. The third kappa shape index (κ3) is 3.09. The maximum absolute atomic E-state index is 9.91. The van der Waals surface area contributed by atoms with Crippen LogP contribution in [-0.2, 0) is 0 Å². The van der Waals surface area contributed by atoms with Gasteiger partial charge in [0.15, 0.2) is 0 Å². The fraction of sp³-hybridized carbons (Fsp3) is 0.133. The van der Waals surface area contributed by atoms with Crippen molar-refractivity contribution in [3.05, 3.63) is 59.9 Å². The summed E-state index contributed by atoms with van der Waals surface area (Å²) in [5.41, 5.74) is 1.53. The summed E-state index contributed by atoms with van der Waals surface area (Å²) in [6.45, 7) is 0. The molecule has 0 aliphatic carbocycles. The second-order valence-corrected chi connectivity index (χ2v) is 3.69. The van der Waals surface area contributed by atoms with Crippen LogP contribution in [-0.4, -0.2) is 17.2 Å². The van der Waals surface area contributed by atoms with E-state index in [-0.39, 0.29) is 0 Å². The van der Waals surface area contributed by atoms with Crippen molar-refractivity contribution in [1.29, 1.82) is 0 Å². The third-order valence-electron chi connectivity index (χ3n) is 2.45. The summed E-state index contributed by atoms with van der Waals surface area (Å²) in [4.78, 5) is 3.96. The van der Waals surface area contributed by atoms with Gasteiger partial charge < -0.3 is 9.84 Å². The highest BCUT2D eigenvalue weighted by molar-refractivity contribution is 5.36. The van der Waals surface area contributed by atoms with E-state index in [1.54, 1.807) is 43.8 Å². The van der Waals surface area contributed by atoms with Crippen LogP contribution in [0.4, 0.5) is 0 Å². The van der Waals surface area contributed by atoms with Crippen molar-refractivity contribution in [2.24, 2.45) is 0 Å². The van der Waals surface area contributed by atoms with Crippen LogP contribution in [0.25, 0.3) is 0 Å². The van der Waals surface area contributed by atoms with Crippen molar-refractivity contribution in [1.82, 2.24) is 4.98 Å². The first-order chi connectivity index (χ1) is 8.79. The van der Waals surface area contributed by atoms with Crippen molar-refractivity contribution in [3.63, 3.8) is 0 Å². The first-order valence-corrected chi connectivity index (χ1v) is 5.53. The molecule has 0 amide bonds. The molecule has 1 atom stereocenters. The lowest BCUT2D eigenvalue weighted by Crippen LogP contribution is -1.94. The van der Waals surface area contributed by atoms with E-state index in [4.69, 9.17) is 4.74 Å². The number of methoxy groups -OCH3 is 1. The van der Waals surface area contributed by atoms with Gasteiger partial charge in [0.25, 0.3) is 0 Å². The molecule has 1 heterocycles. The average molecular weight is 239 g/mol. The van der Waals surface area contributed by atoms with Gasteiger partial charge in [-0.25, -0.2) is 0 Å². The Balaban J connectivity index is 2.12. The summed E-state index contributed by atoms with van der Waals surface area (Å²) in [5.74, 6) is 6.41. The summed E-state index contributed by atoms with van der Waals surface area (Å²) in [7, 11) is 1.60. The van der Waals surface area contributed by atoms with Gasteiger partial charge in [-0.3, -0.25) is 4.98 Å². The Kier molecular flexibility index (Phi) is 3.95. The second kappa shape index (κ2) is 5.85. The van der Waals surface area contributed by atoms with E-state index in [0.717, 1.165) is 16.9 Å². The van der Waals surface area contributed by atoms with Gasteiger partial charge in [-0.1, -0.05) is 24.0 Å². The Hall–Kier alpha value is -2.31. The van der Waals surface area contributed by atoms with E-state index >= 15 is 0 Å². The minimum atomic E-state index is -0.809. The molecule has 90 valence electrons. The SMILES string of the molecule is COc1ccc([C@@H](O)C#Cc2cccnc2)cc1. The third-order valence-corrected chi connectivity index (χ3v) is 2.45. The highest BCUT2D eigenvalue weighted by Crippen LogP contribution is 2.16. The lowest BCUT2D eigenvalue weighted by molar-refractivity contribution is 0.238. The molecule has 1 aromatic heterocycles. The van der Waals surface area contributed by atoms with Crippen LogP contribution < -0.4 is 4.74 Å². The number of aliphatic hydroxyl groups excluding tert-OH is 1. The fourth-order valence-corrected chi connectivity index (χ4v) is 1.46. The molecule has 1 N–H and O–H groups in total. The van der Waals surface area contributed by atoms with Crippen molar-refractivity contribution < 1.29 is 9.84 Å². The number of benzene rings is 1. The molecule has 0 spiro atoms. The van der Waals surface area contributed by atoms with Crippen molar-refractivity contribution in [3.8, 4) is 17.6 Å². The van der Waals surface area contributed by atoms with Crippen molar-refractivity contribution in [2.45, 2.75) is 6.10 Å². The summed E-state index contributed by atoms with van der Waals surface area (Å²) < 4.78 is 5.05. The van der Waals surface area contributed by atoms with Crippen LogP contribution in [0.3, 0.4) is 0 Å². The van der Waals surface area contributed by atoms with Crippen LogP contribution in [0, 0.1) is 11.8 Å². The van der Waals surface area contributed by atoms with E-state index in [2.05, 4.69) is 16.8 Å². The molecule has 3 heteroatoms. The maximum Gasteiger partial charge on any atom is 0.140 e. The number of rotatable bonds is 2. The molecule has 2 aromatic rings. The quantitative estimate of drug-likeness (QED) is 0.817. The van der Waals surface area contributed by atoms with Gasteiger partial charge in [-0.2, -0.15) is 0 Å². The molecule has 0 radical (unpaired) electrons. The van der Waals surface area contributed by atoms with E-state index in [9.17, 15) is 5.11 Å². The summed E-state index contributed by atoms with van der Waals surface area (Å²) >= 11 is 0. The molecule has 1 aromatic carbocycles. The van der Waals surface area contributed by atoms with Crippen molar-refractivity contribution >= 4 is 0 Å².